The summed E-state index contributed by atoms with van der Waals surface area (Å²) in [7, 11) is 0. The van der Waals surface area contributed by atoms with Crippen LogP contribution in [-0.4, -0.2) is 36.2 Å². The summed E-state index contributed by atoms with van der Waals surface area (Å²) < 4.78 is 5.64. The second-order valence-corrected chi connectivity index (χ2v) is 5.54. The van der Waals surface area contributed by atoms with Crippen LogP contribution in [0.25, 0.3) is 0 Å². The highest BCUT2D eigenvalue weighted by molar-refractivity contribution is 5.98. The third-order valence-electron chi connectivity index (χ3n) is 2.99. The average molecular weight is 279 g/mol. The number of Topliss-reactive ketones (excluding diaryl/α,β-unsaturated/α-hetero) is 1. The molecule has 1 unspecified atom stereocenters. The highest BCUT2D eigenvalue weighted by atomic mass is 16.5. The van der Waals surface area contributed by atoms with Crippen LogP contribution in [0.1, 0.15) is 42.3 Å². The minimum absolute atomic E-state index is 0.0210. The molecule has 1 rings (SSSR count). The van der Waals surface area contributed by atoms with Crippen molar-refractivity contribution in [2.24, 2.45) is 0 Å². The molecule has 0 spiro atoms. The normalized spacial score (nSPS) is 12.6. The van der Waals surface area contributed by atoms with Crippen LogP contribution in [0.3, 0.4) is 0 Å². The molecule has 0 aromatic heterocycles. The molecule has 4 nitrogen and oxygen atoms in total. The molecule has 0 amide bonds. The first-order valence-electron chi connectivity index (χ1n) is 6.97. The van der Waals surface area contributed by atoms with Crippen molar-refractivity contribution >= 4 is 5.78 Å². The maximum Gasteiger partial charge on any atom is 0.163 e. The van der Waals surface area contributed by atoms with Crippen molar-refractivity contribution in [2.75, 3.05) is 13.2 Å². The molecule has 0 bridgehead atoms. The number of rotatable bonds is 7. The molecule has 0 fully saturated rings. The van der Waals surface area contributed by atoms with Gasteiger partial charge in [-0.15, -0.1) is 0 Å². The number of carbonyl (C=O) groups excluding carboxylic acids is 1. The molecule has 1 aromatic carbocycles. The zero-order chi connectivity index (χ0) is 15.3. The maximum absolute atomic E-state index is 11.7. The summed E-state index contributed by atoms with van der Waals surface area (Å²) in [6.07, 6.45) is -0.599. The number of aliphatic hydroxyl groups excluding tert-OH is 1. The molecule has 1 atom stereocenters. The highest BCUT2D eigenvalue weighted by Gasteiger charge is 2.14. The van der Waals surface area contributed by atoms with Gasteiger partial charge in [0.25, 0.3) is 0 Å². The third kappa shape index (κ3) is 4.94. The van der Waals surface area contributed by atoms with Gasteiger partial charge in [-0.05, 0) is 38.0 Å². The molecule has 0 aliphatic rings. The number of hydrogen-bond acceptors (Lipinski definition) is 4. The average Bonchev–Trinajstić information content (AvgIpc) is 2.32. The van der Waals surface area contributed by atoms with Crippen LogP contribution in [-0.2, 0) is 0 Å². The summed E-state index contributed by atoms with van der Waals surface area (Å²) in [4.78, 5) is 11.7. The lowest BCUT2D eigenvalue weighted by Crippen LogP contribution is -2.35. The van der Waals surface area contributed by atoms with Gasteiger partial charge >= 0.3 is 0 Å². The first kappa shape index (κ1) is 16.7. The Morgan fingerprint density at radius 3 is 2.55 bits per heavy atom. The first-order valence-corrected chi connectivity index (χ1v) is 6.97. The molecule has 0 heterocycles. The summed E-state index contributed by atoms with van der Waals surface area (Å²) in [6.45, 7) is 10.1. The van der Waals surface area contributed by atoms with E-state index in [0.717, 1.165) is 11.1 Å². The fraction of sp³-hybridized carbons (Fsp3) is 0.562. The second kappa shape index (κ2) is 7.41. The van der Waals surface area contributed by atoms with Crippen LogP contribution < -0.4 is 10.1 Å². The predicted octanol–water partition coefficient (Wildman–Crippen LogP) is 2.24. The van der Waals surface area contributed by atoms with E-state index >= 15 is 0 Å². The summed E-state index contributed by atoms with van der Waals surface area (Å²) in [6, 6.07) is 4.12. The van der Waals surface area contributed by atoms with Gasteiger partial charge in [-0.3, -0.25) is 4.79 Å². The minimum Gasteiger partial charge on any atom is -0.490 e. The van der Waals surface area contributed by atoms with Crippen LogP contribution in [0, 0.1) is 13.8 Å². The van der Waals surface area contributed by atoms with Gasteiger partial charge in [0.2, 0.25) is 0 Å². The van der Waals surface area contributed by atoms with Gasteiger partial charge in [0, 0.05) is 12.6 Å². The van der Waals surface area contributed by atoms with Crippen molar-refractivity contribution < 1.29 is 14.6 Å². The molecule has 0 aliphatic carbocycles. The number of ether oxygens (including phenoxy) is 1. The van der Waals surface area contributed by atoms with Gasteiger partial charge in [0.05, 0.1) is 5.56 Å². The van der Waals surface area contributed by atoms with E-state index in [1.165, 1.54) is 6.92 Å². The maximum atomic E-state index is 11.7. The zero-order valence-corrected chi connectivity index (χ0v) is 13.0. The van der Waals surface area contributed by atoms with E-state index in [4.69, 9.17) is 4.74 Å². The van der Waals surface area contributed by atoms with E-state index in [0.29, 0.717) is 23.9 Å². The number of ketones is 1. The van der Waals surface area contributed by atoms with E-state index in [9.17, 15) is 9.90 Å². The molecule has 0 aliphatic heterocycles. The Morgan fingerprint density at radius 2 is 2.00 bits per heavy atom. The van der Waals surface area contributed by atoms with Crippen LogP contribution in [0.5, 0.6) is 5.75 Å². The SMILES string of the molecule is CC(=O)c1c(C)cc(C)cc1OCC(O)CNC(C)C. The minimum atomic E-state index is -0.599. The van der Waals surface area contributed by atoms with Crippen LogP contribution >= 0.6 is 0 Å². The van der Waals surface area contributed by atoms with Gasteiger partial charge in [-0.1, -0.05) is 19.9 Å². The van der Waals surface area contributed by atoms with Gasteiger partial charge in [-0.2, -0.15) is 0 Å². The monoisotopic (exact) mass is 279 g/mol. The lowest BCUT2D eigenvalue weighted by Gasteiger charge is -2.17. The predicted molar refractivity (Wildman–Crippen MR) is 80.6 cm³/mol. The zero-order valence-electron chi connectivity index (χ0n) is 13.0. The largest absolute Gasteiger partial charge is 0.490 e. The van der Waals surface area contributed by atoms with Crippen LogP contribution in [0.15, 0.2) is 12.1 Å². The number of benzene rings is 1. The number of hydrogen-bond donors (Lipinski definition) is 2. The van der Waals surface area contributed by atoms with Gasteiger partial charge in [0.1, 0.15) is 18.5 Å². The van der Waals surface area contributed by atoms with Crippen molar-refractivity contribution in [1.82, 2.24) is 5.32 Å². The van der Waals surface area contributed by atoms with Gasteiger partial charge in [-0.25, -0.2) is 0 Å². The Kier molecular flexibility index (Phi) is 6.17. The van der Waals surface area contributed by atoms with Crippen molar-refractivity contribution in [3.05, 3.63) is 28.8 Å². The van der Waals surface area contributed by atoms with Crippen LogP contribution in [0.4, 0.5) is 0 Å². The Labute approximate surface area is 121 Å². The molecule has 112 valence electrons. The van der Waals surface area contributed by atoms with Crippen molar-refractivity contribution in [3.63, 3.8) is 0 Å². The molecule has 0 saturated heterocycles. The summed E-state index contributed by atoms with van der Waals surface area (Å²) >= 11 is 0. The smallest absolute Gasteiger partial charge is 0.163 e. The van der Waals surface area contributed by atoms with E-state index in [1.54, 1.807) is 0 Å². The topological polar surface area (TPSA) is 58.6 Å². The van der Waals surface area contributed by atoms with Crippen molar-refractivity contribution in [3.8, 4) is 5.75 Å². The molecule has 1 aromatic rings. The lowest BCUT2D eigenvalue weighted by atomic mass is 10.0. The quantitative estimate of drug-likeness (QED) is 0.752. The number of nitrogens with one attached hydrogen (secondary N) is 1. The molecule has 0 saturated carbocycles. The Morgan fingerprint density at radius 1 is 1.35 bits per heavy atom. The second-order valence-electron chi connectivity index (χ2n) is 5.54. The fourth-order valence-corrected chi connectivity index (χ4v) is 2.11. The molecular weight excluding hydrogens is 254 g/mol. The van der Waals surface area contributed by atoms with Crippen LogP contribution in [0.2, 0.25) is 0 Å². The van der Waals surface area contributed by atoms with Crippen molar-refractivity contribution in [2.45, 2.75) is 46.8 Å². The summed E-state index contributed by atoms with van der Waals surface area (Å²) in [5.41, 5.74) is 2.54. The molecule has 20 heavy (non-hydrogen) atoms. The fourth-order valence-electron chi connectivity index (χ4n) is 2.11. The van der Waals surface area contributed by atoms with Gasteiger partial charge in [0.15, 0.2) is 5.78 Å². The molecule has 0 radical (unpaired) electrons. The Balaban J connectivity index is 2.74. The third-order valence-corrected chi connectivity index (χ3v) is 2.99. The highest BCUT2D eigenvalue weighted by Crippen LogP contribution is 2.25. The standard InChI is InChI=1S/C16H25NO3/c1-10(2)17-8-14(19)9-20-15-7-11(3)6-12(4)16(15)13(5)18/h6-7,10,14,17,19H,8-9H2,1-5H3. The first-order chi connectivity index (χ1) is 9.31. The lowest BCUT2D eigenvalue weighted by molar-refractivity contribution is 0.0967. The number of aliphatic hydroxyl groups is 1. The Hall–Kier alpha value is -1.39. The van der Waals surface area contributed by atoms with E-state index in [-0.39, 0.29) is 12.4 Å². The molecule has 4 heteroatoms. The summed E-state index contributed by atoms with van der Waals surface area (Å²) in [5.74, 6) is 0.533. The number of carbonyl (C=O) groups is 1. The number of aryl methyl sites for hydroxylation is 2. The van der Waals surface area contributed by atoms with Crippen molar-refractivity contribution in [1.29, 1.82) is 0 Å². The molecular formula is C16H25NO3. The molecule has 2 N–H and O–H groups in total. The van der Waals surface area contributed by atoms with E-state index in [2.05, 4.69) is 5.32 Å². The Bertz CT molecular complexity index is 469. The van der Waals surface area contributed by atoms with Gasteiger partial charge < -0.3 is 15.2 Å². The van der Waals surface area contributed by atoms with E-state index < -0.39 is 6.10 Å². The van der Waals surface area contributed by atoms with E-state index in [1.807, 2.05) is 39.8 Å². The summed E-state index contributed by atoms with van der Waals surface area (Å²) in [5, 5.41) is 13.0.